The number of carboxylic acid groups (broad SMARTS) is 2. The standard InChI is InChI=1S/C7H14NO7P/c1-14-16(13,15-2)8-5(7(11)12)3-4-6(9)10/h5H,3-4H2,1-2H3,(H,8,13)(H,9,10)(H,11,12). The maximum atomic E-state index is 11.5. The molecule has 0 aliphatic rings. The van der Waals surface area contributed by atoms with Crippen molar-refractivity contribution in [1.82, 2.24) is 5.09 Å². The van der Waals surface area contributed by atoms with Gasteiger partial charge >= 0.3 is 19.7 Å². The summed E-state index contributed by atoms with van der Waals surface area (Å²) >= 11 is 0. The van der Waals surface area contributed by atoms with Crippen molar-refractivity contribution in [3.05, 3.63) is 0 Å². The third-order valence-electron chi connectivity index (χ3n) is 1.74. The summed E-state index contributed by atoms with van der Waals surface area (Å²) in [5.41, 5.74) is 0. The highest BCUT2D eigenvalue weighted by molar-refractivity contribution is 7.51. The first-order valence-electron chi connectivity index (χ1n) is 4.28. The topological polar surface area (TPSA) is 122 Å². The number of carbonyl (C=O) groups is 2. The van der Waals surface area contributed by atoms with E-state index < -0.39 is 25.7 Å². The zero-order valence-electron chi connectivity index (χ0n) is 8.87. The lowest BCUT2D eigenvalue weighted by atomic mass is 10.2. The van der Waals surface area contributed by atoms with Crippen molar-refractivity contribution in [3.8, 4) is 0 Å². The molecular weight excluding hydrogens is 241 g/mol. The monoisotopic (exact) mass is 255 g/mol. The van der Waals surface area contributed by atoms with Gasteiger partial charge in [-0.1, -0.05) is 0 Å². The van der Waals surface area contributed by atoms with Gasteiger partial charge in [0.25, 0.3) is 0 Å². The molecule has 0 radical (unpaired) electrons. The fourth-order valence-electron chi connectivity index (χ4n) is 0.882. The van der Waals surface area contributed by atoms with E-state index >= 15 is 0 Å². The van der Waals surface area contributed by atoms with E-state index in [0.717, 1.165) is 14.2 Å². The predicted octanol–water partition coefficient (Wildman–Crippen LogP) is 0.295. The molecule has 0 saturated heterocycles. The minimum Gasteiger partial charge on any atom is -0.481 e. The molecule has 1 atom stereocenters. The largest absolute Gasteiger partial charge is 0.481 e. The van der Waals surface area contributed by atoms with Crippen LogP contribution < -0.4 is 5.09 Å². The summed E-state index contributed by atoms with van der Waals surface area (Å²) in [6.07, 6.45) is -0.585. The summed E-state index contributed by atoms with van der Waals surface area (Å²) in [4.78, 5) is 21.0. The van der Waals surface area contributed by atoms with Crippen LogP contribution in [0.4, 0.5) is 0 Å². The third-order valence-corrected chi connectivity index (χ3v) is 3.33. The molecule has 9 heteroatoms. The van der Waals surface area contributed by atoms with Crippen LogP contribution in [0.15, 0.2) is 0 Å². The smallest absolute Gasteiger partial charge is 0.405 e. The van der Waals surface area contributed by atoms with Gasteiger partial charge in [0.05, 0.1) is 0 Å². The Morgan fingerprint density at radius 3 is 2.12 bits per heavy atom. The maximum Gasteiger partial charge on any atom is 0.405 e. The highest BCUT2D eigenvalue weighted by atomic mass is 31.2. The molecule has 0 aromatic heterocycles. The van der Waals surface area contributed by atoms with Crippen LogP contribution >= 0.6 is 7.75 Å². The van der Waals surface area contributed by atoms with Crippen LogP contribution in [0.5, 0.6) is 0 Å². The fourth-order valence-corrected chi connectivity index (χ4v) is 1.86. The molecule has 0 aromatic carbocycles. The fraction of sp³-hybridized carbons (Fsp3) is 0.714. The van der Waals surface area contributed by atoms with Crippen molar-refractivity contribution in [3.63, 3.8) is 0 Å². The van der Waals surface area contributed by atoms with Crippen molar-refractivity contribution >= 4 is 19.7 Å². The van der Waals surface area contributed by atoms with Gasteiger partial charge in [-0.2, -0.15) is 0 Å². The summed E-state index contributed by atoms with van der Waals surface area (Å²) in [5, 5.41) is 19.3. The Kier molecular flexibility index (Phi) is 6.20. The van der Waals surface area contributed by atoms with Crippen molar-refractivity contribution < 1.29 is 33.4 Å². The zero-order chi connectivity index (χ0) is 12.8. The first-order chi connectivity index (χ1) is 7.34. The molecule has 0 spiro atoms. The lowest BCUT2D eigenvalue weighted by molar-refractivity contribution is -0.140. The first kappa shape index (κ1) is 15.0. The number of carboxylic acids is 2. The second kappa shape index (κ2) is 6.59. The average Bonchev–Trinajstić information content (AvgIpc) is 2.23. The number of aliphatic carboxylic acids is 2. The van der Waals surface area contributed by atoms with Gasteiger partial charge in [-0.25, -0.2) is 9.65 Å². The summed E-state index contributed by atoms with van der Waals surface area (Å²) in [6.45, 7) is 0. The molecule has 0 amide bonds. The molecule has 16 heavy (non-hydrogen) atoms. The molecule has 0 heterocycles. The van der Waals surface area contributed by atoms with Gasteiger partial charge < -0.3 is 19.3 Å². The Morgan fingerprint density at radius 2 is 1.81 bits per heavy atom. The number of hydrogen-bond donors (Lipinski definition) is 3. The van der Waals surface area contributed by atoms with Crippen LogP contribution in [-0.4, -0.2) is 42.4 Å². The van der Waals surface area contributed by atoms with Gasteiger partial charge in [-0.05, 0) is 6.42 Å². The molecular formula is C7H14NO7P. The zero-order valence-corrected chi connectivity index (χ0v) is 9.77. The van der Waals surface area contributed by atoms with Crippen molar-refractivity contribution in [2.24, 2.45) is 0 Å². The van der Waals surface area contributed by atoms with Gasteiger partial charge in [-0.15, -0.1) is 0 Å². The average molecular weight is 255 g/mol. The Hall–Kier alpha value is -0.950. The second-order valence-corrected chi connectivity index (χ2v) is 4.80. The van der Waals surface area contributed by atoms with Gasteiger partial charge in [0.2, 0.25) is 0 Å². The van der Waals surface area contributed by atoms with Crippen LogP contribution in [0.25, 0.3) is 0 Å². The highest BCUT2D eigenvalue weighted by Gasteiger charge is 2.30. The Balaban J connectivity index is 4.50. The molecule has 8 nitrogen and oxygen atoms in total. The second-order valence-electron chi connectivity index (χ2n) is 2.81. The lowest BCUT2D eigenvalue weighted by Gasteiger charge is -2.19. The molecule has 0 saturated carbocycles. The molecule has 0 bridgehead atoms. The van der Waals surface area contributed by atoms with E-state index in [2.05, 4.69) is 14.1 Å². The van der Waals surface area contributed by atoms with Crippen LogP contribution in [0.2, 0.25) is 0 Å². The third kappa shape index (κ3) is 5.22. The van der Waals surface area contributed by atoms with Gasteiger partial charge in [0.15, 0.2) is 0 Å². The van der Waals surface area contributed by atoms with E-state index in [1.165, 1.54) is 0 Å². The Labute approximate surface area is 92.1 Å². The molecule has 0 fully saturated rings. The van der Waals surface area contributed by atoms with Gasteiger partial charge in [0, 0.05) is 20.6 Å². The number of rotatable bonds is 8. The van der Waals surface area contributed by atoms with E-state index in [-0.39, 0.29) is 12.8 Å². The van der Waals surface area contributed by atoms with E-state index in [1.54, 1.807) is 0 Å². The van der Waals surface area contributed by atoms with Gasteiger partial charge in [-0.3, -0.25) is 9.59 Å². The Bertz CT molecular complexity index is 297. The summed E-state index contributed by atoms with van der Waals surface area (Å²) < 4.78 is 20.5. The predicted molar refractivity (Wildman–Crippen MR) is 53.1 cm³/mol. The minimum atomic E-state index is -3.67. The van der Waals surface area contributed by atoms with E-state index in [0.29, 0.717) is 0 Å². The molecule has 1 unspecified atom stereocenters. The van der Waals surface area contributed by atoms with E-state index in [4.69, 9.17) is 10.2 Å². The highest BCUT2D eigenvalue weighted by Crippen LogP contribution is 2.42. The first-order valence-corrected chi connectivity index (χ1v) is 5.83. The van der Waals surface area contributed by atoms with Crippen LogP contribution in [-0.2, 0) is 23.2 Å². The summed E-state index contributed by atoms with van der Waals surface area (Å²) in [6, 6.07) is -1.30. The van der Waals surface area contributed by atoms with Gasteiger partial charge in [0.1, 0.15) is 6.04 Å². The lowest BCUT2D eigenvalue weighted by Crippen LogP contribution is -2.35. The normalized spacial score (nSPS) is 13.4. The minimum absolute atomic E-state index is 0.221. The van der Waals surface area contributed by atoms with Crippen LogP contribution in [0.3, 0.4) is 0 Å². The molecule has 94 valence electrons. The SMILES string of the molecule is COP(=O)(NC(CCC(=O)O)C(=O)O)OC. The number of nitrogens with one attached hydrogen (secondary N) is 1. The van der Waals surface area contributed by atoms with Crippen LogP contribution in [0.1, 0.15) is 12.8 Å². The van der Waals surface area contributed by atoms with E-state index in [9.17, 15) is 14.2 Å². The van der Waals surface area contributed by atoms with Crippen molar-refractivity contribution in [2.45, 2.75) is 18.9 Å². The number of hydrogen-bond acceptors (Lipinski definition) is 5. The van der Waals surface area contributed by atoms with Crippen molar-refractivity contribution in [1.29, 1.82) is 0 Å². The quantitative estimate of drug-likeness (QED) is 0.529. The maximum absolute atomic E-state index is 11.5. The summed E-state index contributed by atoms with van der Waals surface area (Å²) in [7, 11) is -1.49. The van der Waals surface area contributed by atoms with Crippen LogP contribution in [0, 0.1) is 0 Å². The van der Waals surface area contributed by atoms with Crippen molar-refractivity contribution in [2.75, 3.05) is 14.2 Å². The molecule has 3 N–H and O–H groups in total. The molecule has 0 aliphatic carbocycles. The molecule has 0 rings (SSSR count). The van der Waals surface area contributed by atoms with E-state index in [1.807, 2.05) is 0 Å². The summed E-state index contributed by atoms with van der Waals surface area (Å²) in [5.74, 6) is -2.46. The molecule has 0 aliphatic heterocycles. The molecule has 0 aromatic rings. The Morgan fingerprint density at radius 1 is 1.31 bits per heavy atom.